The number of hydrogen-bond acceptors (Lipinski definition) is 5. The summed E-state index contributed by atoms with van der Waals surface area (Å²) in [4.78, 5) is 9.00. The molecular weight excluding hydrogens is 216 g/mol. The number of nitrogens with zero attached hydrogens (tertiary/aromatic N) is 3. The average Bonchev–Trinajstić information content (AvgIpc) is 2.85. The predicted molar refractivity (Wildman–Crippen MR) is 68.1 cm³/mol. The van der Waals surface area contributed by atoms with Crippen molar-refractivity contribution in [3.63, 3.8) is 0 Å². The molecule has 2 unspecified atom stereocenters. The van der Waals surface area contributed by atoms with Crippen LogP contribution in [0.15, 0.2) is 10.7 Å². The molecule has 1 aliphatic rings. The smallest absolute Gasteiger partial charge is 0.297 e. The molecule has 1 saturated heterocycles. The van der Waals surface area contributed by atoms with E-state index in [2.05, 4.69) is 41.1 Å². The Morgan fingerprint density at radius 1 is 1.53 bits per heavy atom. The van der Waals surface area contributed by atoms with E-state index in [4.69, 9.17) is 4.42 Å². The zero-order valence-electron chi connectivity index (χ0n) is 11.1. The highest BCUT2D eigenvalue weighted by molar-refractivity contribution is 5.30. The monoisotopic (exact) mass is 238 g/mol. The number of oxazole rings is 1. The number of aromatic nitrogens is 1. The minimum Gasteiger partial charge on any atom is -0.432 e. The van der Waals surface area contributed by atoms with Crippen LogP contribution in [0, 0.1) is 5.92 Å². The lowest BCUT2D eigenvalue weighted by Gasteiger charge is -2.22. The number of hydrogen-bond donors (Lipinski definition) is 1. The summed E-state index contributed by atoms with van der Waals surface area (Å²) in [6.07, 6.45) is 1.74. The summed E-state index contributed by atoms with van der Waals surface area (Å²) < 4.78 is 5.53. The van der Waals surface area contributed by atoms with Crippen LogP contribution in [0.4, 0.5) is 6.01 Å². The van der Waals surface area contributed by atoms with E-state index in [1.54, 1.807) is 6.26 Å². The van der Waals surface area contributed by atoms with Gasteiger partial charge in [-0.15, -0.1) is 0 Å². The zero-order valence-corrected chi connectivity index (χ0v) is 11.1. The third-order valence-electron chi connectivity index (χ3n) is 3.40. The van der Waals surface area contributed by atoms with Gasteiger partial charge in [0, 0.05) is 25.7 Å². The van der Waals surface area contributed by atoms with Gasteiger partial charge in [0.2, 0.25) is 0 Å². The van der Waals surface area contributed by atoms with Crippen LogP contribution in [-0.2, 0) is 6.54 Å². The highest BCUT2D eigenvalue weighted by Crippen LogP contribution is 2.25. The lowest BCUT2D eigenvalue weighted by Crippen LogP contribution is -2.34. The molecule has 1 aliphatic heterocycles. The molecule has 5 nitrogen and oxygen atoms in total. The molecule has 1 aromatic heterocycles. The first-order chi connectivity index (χ1) is 8.11. The molecule has 5 heteroatoms. The van der Waals surface area contributed by atoms with Crippen molar-refractivity contribution in [2.24, 2.45) is 5.92 Å². The van der Waals surface area contributed by atoms with Crippen LogP contribution >= 0.6 is 0 Å². The Labute approximate surface area is 103 Å². The number of anilines is 1. The van der Waals surface area contributed by atoms with Gasteiger partial charge >= 0.3 is 0 Å². The van der Waals surface area contributed by atoms with Gasteiger partial charge in [0.1, 0.15) is 6.26 Å². The minimum absolute atomic E-state index is 0.578. The molecule has 96 valence electrons. The van der Waals surface area contributed by atoms with Crippen LogP contribution in [0.2, 0.25) is 0 Å². The summed E-state index contributed by atoms with van der Waals surface area (Å²) in [6, 6.07) is 1.33. The van der Waals surface area contributed by atoms with Crippen molar-refractivity contribution in [3.8, 4) is 0 Å². The first kappa shape index (κ1) is 12.4. The van der Waals surface area contributed by atoms with Crippen molar-refractivity contribution in [2.45, 2.75) is 19.5 Å². The van der Waals surface area contributed by atoms with Crippen LogP contribution < -0.4 is 10.2 Å². The molecule has 0 spiro atoms. The predicted octanol–water partition coefficient (Wildman–Crippen LogP) is 0.780. The van der Waals surface area contributed by atoms with E-state index in [-0.39, 0.29) is 0 Å². The Hall–Kier alpha value is -1.07. The quantitative estimate of drug-likeness (QED) is 0.840. The van der Waals surface area contributed by atoms with Crippen molar-refractivity contribution in [1.82, 2.24) is 15.2 Å². The van der Waals surface area contributed by atoms with Gasteiger partial charge in [0.15, 0.2) is 0 Å². The highest BCUT2D eigenvalue weighted by Gasteiger charge is 2.33. The van der Waals surface area contributed by atoms with Crippen LogP contribution in [-0.4, -0.2) is 50.2 Å². The molecule has 17 heavy (non-hydrogen) atoms. The molecule has 0 aliphatic carbocycles. The normalized spacial score (nSPS) is 24.9. The number of rotatable bonds is 4. The van der Waals surface area contributed by atoms with E-state index in [1.165, 1.54) is 0 Å². The molecule has 1 aromatic rings. The maximum Gasteiger partial charge on any atom is 0.297 e. The Morgan fingerprint density at radius 2 is 2.29 bits per heavy atom. The van der Waals surface area contributed by atoms with Gasteiger partial charge in [-0.1, -0.05) is 6.92 Å². The van der Waals surface area contributed by atoms with Crippen molar-refractivity contribution < 1.29 is 4.42 Å². The van der Waals surface area contributed by atoms with Gasteiger partial charge < -0.3 is 19.5 Å². The lowest BCUT2D eigenvalue weighted by molar-refractivity contribution is 0.266. The van der Waals surface area contributed by atoms with Crippen LogP contribution in [0.5, 0.6) is 0 Å². The van der Waals surface area contributed by atoms with E-state index in [9.17, 15) is 0 Å². The van der Waals surface area contributed by atoms with Gasteiger partial charge in [-0.05, 0) is 27.1 Å². The molecule has 0 bridgehead atoms. The summed E-state index contributed by atoms with van der Waals surface area (Å²) in [7, 11) is 6.17. The van der Waals surface area contributed by atoms with Crippen molar-refractivity contribution in [3.05, 3.63) is 12.0 Å². The molecule has 1 N–H and O–H groups in total. The van der Waals surface area contributed by atoms with E-state index in [0.29, 0.717) is 12.0 Å². The summed E-state index contributed by atoms with van der Waals surface area (Å²) in [5.74, 6) is 0.643. The first-order valence-corrected chi connectivity index (χ1v) is 6.12. The number of likely N-dealkylation sites (N-methyl/N-ethyl adjacent to an activating group) is 1. The molecule has 2 rings (SSSR count). The molecule has 0 radical (unpaired) electrons. The standard InChI is InChI=1S/C12H22N4O/c1-9-6-16(7-11(9)15(3)4)12-14-10(5-13-2)8-17-12/h8-9,11,13H,5-7H2,1-4H3. The Morgan fingerprint density at radius 3 is 2.88 bits per heavy atom. The fraction of sp³-hybridized carbons (Fsp3) is 0.750. The second kappa shape index (κ2) is 5.06. The minimum atomic E-state index is 0.578. The molecule has 0 amide bonds. The molecule has 0 aromatic carbocycles. The SMILES string of the molecule is CNCc1coc(N2CC(C)C(N(C)C)C2)n1. The second-order valence-electron chi connectivity index (χ2n) is 5.06. The third kappa shape index (κ3) is 2.61. The molecule has 2 atom stereocenters. The average molecular weight is 238 g/mol. The van der Waals surface area contributed by atoms with E-state index in [1.807, 2.05) is 7.05 Å². The maximum atomic E-state index is 5.53. The van der Waals surface area contributed by atoms with Crippen LogP contribution in [0.1, 0.15) is 12.6 Å². The van der Waals surface area contributed by atoms with Crippen LogP contribution in [0.25, 0.3) is 0 Å². The fourth-order valence-corrected chi connectivity index (χ4v) is 2.48. The Balaban J connectivity index is 2.03. The van der Waals surface area contributed by atoms with Gasteiger partial charge in [-0.2, -0.15) is 4.98 Å². The van der Waals surface area contributed by atoms with Crippen molar-refractivity contribution in [1.29, 1.82) is 0 Å². The largest absolute Gasteiger partial charge is 0.432 e. The summed E-state index contributed by atoms with van der Waals surface area (Å²) in [5, 5.41) is 3.07. The van der Waals surface area contributed by atoms with E-state index >= 15 is 0 Å². The van der Waals surface area contributed by atoms with E-state index < -0.39 is 0 Å². The summed E-state index contributed by atoms with van der Waals surface area (Å²) in [6.45, 7) is 5.04. The van der Waals surface area contributed by atoms with Gasteiger partial charge in [-0.3, -0.25) is 0 Å². The third-order valence-corrected chi connectivity index (χ3v) is 3.40. The Bertz CT molecular complexity index is 363. The lowest BCUT2D eigenvalue weighted by atomic mass is 10.1. The molecule has 1 fully saturated rings. The van der Waals surface area contributed by atoms with Crippen molar-refractivity contribution in [2.75, 3.05) is 39.1 Å². The zero-order chi connectivity index (χ0) is 12.4. The molecular formula is C12H22N4O. The highest BCUT2D eigenvalue weighted by atomic mass is 16.4. The molecule has 0 saturated carbocycles. The number of nitrogens with one attached hydrogen (secondary N) is 1. The van der Waals surface area contributed by atoms with Gasteiger partial charge in [0.05, 0.1) is 5.69 Å². The Kier molecular flexibility index (Phi) is 3.69. The van der Waals surface area contributed by atoms with Crippen molar-refractivity contribution >= 4 is 6.01 Å². The van der Waals surface area contributed by atoms with E-state index in [0.717, 1.165) is 31.3 Å². The first-order valence-electron chi connectivity index (χ1n) is 6.12. The summed E-state index contributed by atoms with van der Waals surface area (Å²) in [5.41, 5.74) is 0.962. The molecule has 2 heterocycles. The topological polar surface area (TPSA) is 44.5 Å². The van der Waals surface area contributed by atoms with Gasteiger partial charge in [-0.25, -0.2) is 0 Å². The second-order valence-corrected chi connectivity index (χ2v) is 5.06. The van der Waals surface area contributed by atoms with Gasteiger partial charge in [0.25, 0.3) is 6.01 Å². The fourth-order valence-electron chi connectivity index (χ4n) is 2.48. The maximum absolute atomic E-state index is 5.53. The summed E-state index contributed by atoms with van der Waals surface area (Å²) >= 11 is 0. The van der Waals surface area contributed by atoms with Crippen LogP contribution in [0.3, 0.4) is 0 Å².